The van der Waals surface area contributed by atoms with Crippen molar-refractivity contribution >= 4 is 5.97 Å². The van der Waals surface area contributed by atoms with Gasteiger partial charge in [-0.15, -0.1) is 0 Å². The highest BCUT2D eigenvalue weighted by molar-refractivity contribution is 5.92. The molecule has 190 valence electrons. The molecule has 1 atom stereocenters. The van der Waals surface area contributed by atoms with E-state index >= 15 is 0 Å². The van der Waals surface area contributed by atoms with E-state index in [0.29, 0.717) is 18.4 Å². The van der Waals surface area contributed by atoms with Crippen LogP contribution in [-0.4, -0.2) is 12.1 Å². The van der Waals surface area contributed by atoms with E-state index in [-0.39, 0.29) is 17.5 Å². The highest BCUT2D eigenvalue weighted by atomic mass is 19.1. The number of cyclic esters (lactones) is 1. The molecule has 1 heterocycles. The number of fused-ring (bicyclic) bond motifs is 1. The fraction of sp³-hybridized carbons (Fsp3) is 0.774. The number of carbonyl (C=O) groups is 1. The van der Waals surface area contributed by atoms with Crippen molar-refractivity contribution in [1.29, 1.82) is 0 Å². The van der Waals surface area contributed by atoms with Gasteiger partial charge in [-0.05, 0) is 79.7 Å². The summed E-state index contributed by atoms with van der Waals surface area (Å²) in [5.74, 6) is 2.91. The smallest absolute Gasteiger partial charge is 0.341 e. The predicted octanol–water partition coefficient (Wildman–Crippen LogP) is 8.83. The average molecular weight is 471 g/mol. The molecular formula is C31H47FO2. The van der Waals surface area contributed by atoms with Gasteiger partial charge in [0, 0.05) is 6.42 Å². The van der Waals surface area contributed by atoms with E-state index < -0.39 is 5.97 Å². The van der Waals surface area contributed by atoms with Gasteiger partial charge in [0.05, 0.1) is 5.56 Å². The fourth-order valence-electron chi connectivity index (χ4n) is 7.17. The normalized spacial score (nSPS) is 29.5. The van der Waals surface area contributed by atoms with Gasteiger partial charge >= 0.3 is 5.97 Å². The summed E-state index contributed by atoms with van der Waals surface area (Å²) in [7, 11) is 0. The molecule has 2 nitrogen and oxygen atoms in total. The number of rotatable bonds is 10. The van der Waals surface area contributed by atoms with Crippen molar-refractivity contribution in [1.82, 2.24) is 0 Å². The topological polar surface area (TPSA) is 26.3 Å². The van der Waals surface area contributed by atoms with Crippen molar-refractivity contribution in [2.75, 3.05) is 0 Å². The first kappa shape index (κ1) is 25.7. The minimum absolute atomic E-state index is 0.0860. The van der Waals surface area contributed by atoms with Crippen molar-refractivity contribution in [2.24, 2.45) is 23.7 Å². The summed E-state index contributed by atoms with van der Waals surface area (Å²) in [6, 6.07) is 3.83. The Kier molecular flexibility index (Phi) is 9.48. The molecule has 0 saturated heterocycles. The number of aryl methyl sites for hydroxylation is 1. The van der Waals surface area contributed by atoms with E-state index in [4.69, 9.17) is 4.74 Å². The van der Waals surface area contributed by atoms with Crippen LogP contribution in [0.3, 0.4) is 0 Å². The van der Waals surface area contributed by atoms with E-state index in [9.17, 15) is 9.18 Å². The molecule has 0 radical (unpaired) electrons. The summed E-state index contributed by atoms with van der Waals surface area (Å²) in [5, 5.41) is 0. The molecule has 0 aromatic heterocycles. The summed E-state index contributed by atoms with van der Waals surface area (Å²) in [4.78, 5) is 12.6. The van der Waals surface area contributed by atoms with Gasteiger partial charge in [0.2, 0.25) is 0 Å². The zero-order valence-corrected chi connectivity index (χ0v) is 21.8. The average Bonchev–Trinajstić information content (AvgIpc) is 2.85. The molecule has 0 spiro atoms. The molecule has 0 amide bonds. The van der Waals surface area contributed by atoms with E-state index in [1.165, 1.54) is 77.0 Å². The standard InChI is InChI=1S/C31H47FO2/c1-3-5-6-8-22-9-14-24(15-10-22)25-16-11-23(12-17-25)13-20-28-21-27-19-18-26(7-4-2)30(32)29(27)31(33)34-28/h18-19,22-25,28H,3-17,20-21H2,1-2H3. The number of halogens is 1. The monoisotopic (exact) mass is 470 g/mol. The molecule has 1 aliphatic heterocycles. The van der Waals surface area contributed by atoms with Crippen LogP contribution in [0.25, 0.3) is 0 Å². The summed E-state index contributed by atoms with van der Waals surface area (Å²) >= 11 is 0. The minimum atomic E-state index is -0.448. The number of unbranched alkanes of at least 4 members (excludes halogenated alkanes) is 2. The lowest BCUT2D eigenvalue weighted by Gasteiger charge is -2.38. The number of esters is 1. The van der Waals surface area contributed by atoms with E-state index in [2.05, 4.69) is 6.92 Å². The third-order valence-electron chi connectivity index (χ3n) is 9.32. The van der Waals surface area contributed by atoms with Crippen molar-refractivity contribution in [3.05, 3.63) is 34.6 Å². The third-order valence-corrected chi connectivity index (χ3v) is 9.32. The van der Waals surface area contributed by atoms with Crippen LogP contribution in [0.2, 0.25) is 0 Å². The summed E-state index contributed by atoms with van der Waals surface area (Å²) < 4.78 is 20.5. The zero-order chi connectivity index (χ0) is 23.9. The molecule has 3 heteroatoms. The van der Waals surface area contributed by atoms with E-state index in [0.717, 1.165) is 48.5 Å². The van der Waals surface area contributed by atoms with E-state index in [1.54, 1.807) is 0 Å². The summed E-state index contributed by atoms with van der Waals surface area (Å²) in [6.07, 6.45) is 21.2. The maximum Gasteiger partial charge on any atom is 0.341 e. The Hall–Kier alpha value is -1.38. The molecule has 2 fully saturated rings. The van der Waals surface area contributed by atoms with Gasteiger partial charge in [0.25, 0.3) is 0 Å². The minimum Gasteiger partial charge on any atom is -0.458 e. The first-order valence-corrected chi connectivity index (χ1v) is 14.6. The summed E-state index contributed by atoms with van der Waals surface area (Å²) in [6.45, 7) is 4.33. The van der Waals surface area contributed by atoms with Gasteiger partial charge in [0.1, 0.15) is 11.9 Å². The number of carbonyl (C=O) groups excluding carboxylic acids is 1. The fourth-order valence-corrected chi connectivity index (χ4v) is 7.17. The van der Waals surface area contributed by atoms with Gasteiger partial charge in [0.15, 0.2) is 0 Å². The Morgan fingerprint density at radius 3 is 2.09 bits per heavy atom. The van der Waals surface area contributed by atoms with Crippen LogP contribution in [0.15, 0.2) is 12.1 Å². The molecule has 2 aliphatic carbocycles. The molecule has 1 unspecified atom stereocenters. The highest BCUT2D eigenvalue weighted by Gasteiger charge is 2.33. The Balaban J connectivity index is 1.18. The van der Waals surface area contributed by atoms with Crippen LogP contribution in [0.1, 0.15) is 132 Å². The Bertz CT molecular complexity index is 787. The lowest BCUT2D eigenvalue weighted by Crippen LogP contribution is -2.30. The second kappa shape index (κ2) is 12.5. The molecule has 2 saturated carbocycles. The Morgan fingerprint density at radius 1 is 0.824 bits per heavy atom. The van der Waals surface area contributed by atoms with Crippen molar-refractivity contribution in [2.45, 2.75) is 129 Å². The number of benzene rings is 1. The Morgan fingerprint density at radius 2 is 1.47 bits per heavy atom. The van der Waals surface area contributed by atoms with Gasteiger partial charge < -0.3 is 4.74 Å². The predicted molar refractivity (Wildman–Crippen MR) is 138 cm³/mol. The molecule has 0 bridgehead atoms. The van der Waals surface area contributed by atoms with Crippen LogP contribution in [0.4, 0.5) is 4.39 Å². The van der Waals surface area contributed by atoms with Gasteiger partial charge in [-0.1, -0.05) is 83.8 Å². The maximum absolute atomic E-state index is 14.8. The summed E-state index contributed by atoms with van der Waals surface area (Å²) in [5.41, 5.74) is 1.67. The van der Waals surface area contributed by atoms with E-state index in [1.807, 2.05) is 19.1 Å². The molecule has 0 N–H and O–H groups in total. The van der Waals surface area contributed by atoms with Crippen molar-refractivity contribution < 1.29 is 13.9 Å². The van der Waals surface area contributed by atoms with Crippen LogP contribution in [-0.2, 0) is 17.6 Å². The van der Waals surface area contributed by atoms with Crippen molar-refractivity contribution in [3.8, 4) is 0 Å². The highest BCUT2D eigenvalue weighted by Crippen LogP contribution is 2.43. The van der Waals surface area contributed by atoms with Crippen molar-refractivity contribution in [3.63, 3.8) is 0 Å². The quantitative estimate of drug-likeness (QED) is 0.252. The Labute approximate surface area is 207 Å². The SMILES string of the molecule is CCCCCC1CCC(C2CCC(CCC3Cc4ccc(CCC)c(F)c4C(=O)O3)CC2)CC1. The van der Waals surface area contributed by atoms with Crippen LogP contribution < -0.4 is 0 Å². The van der Waals surface area contributed by atoms with Crippen LogP contribution >= 0.6 is 0 Å². The number of hydrogen-bond donors (Lipinski definition) is 0. The van der Waals surface area contributed by atoms with Crippen LogP contribution in [0, 0.1) is 29.5 Å². The molecule has 34 heavy (non-hydrogen) atoms. The third kappa shape index (κ3) is 6.43. The molecular weight excluding hydrogens is 423 g/mol. The first-order chi connectivity index (χ1) is 16.6. The molecule has 1 aromatic carbocycles. The second-order valence-electron chi connectivity index (χ2n) is 11.7. The molecule has 3 aliphatic rings. The molecule has 4 rings (SSSR count). The largest absolute Gasteiger partial charge is 0.458 e. The lowest BCUT2D eigenvalue weighted by molar-refractivity contribution is 0.0205. The van der Waals surface area contributed by atoms with Gasteiger partial charge in [-0.3, -0.25) is 0 Å². The molecule has 1 aromatic rings. The first-order valence-electron chi connectivity index (χ1n) is 14.6. The lowest BCUT2D eigenvalue weighted by atomic mass is 9.68. The zero-order valence-electron chi connectivity index (χ0n) is 21.8. The van der Waals surface area contributed by atoms with Gasteiger partial charge in [-0.2, -0.15) is 0 Å². The van der Waals surface area contributed by atoms with Gasteiger partial charge in [-0.25, -0.2) is 9.18 Å². The second-order valence-corrected chi connectivity index (χ2v) is 11.7. The number of ether oxygens (including phenoxy) is 1. The number of hydrogen-bond acceptors (Lipinski definition) is 2. The van der Waals surface area contributed by atoms with Crippen LogP contribution in [0.5, 0.6) is 0 Å². The maximum atomic E-state index is 14.8.